The Labute approximate surface area is 216 Å². The first kappa shape index (κ1) is 26.2. The highest BCUT2D eigenvalue weighted by molar-refractivity contribution is 5.97. The van der Waals surface area contributed by atoms with Crippen molar-refractivity contribution in [2.24, 2.45) is 0 Å². The van der Waals surface area contributed by atoms with Gasteiger partial charge in [-0.3, -0.25) is 9.78 Å². The zero-order chi connectivity index (χ0) is 26.3. The summed E-state index contributed by atoms with van der Waals surface area (Å²) < 4.78 is 11.6. The summed E-state index contributed by atoms with van der Waals surface area (Å²) in [6.07, 6.45) is 3.54. The molecule has 1 unspecified atom stereocenters. The van der Waals surface area contributed by atoms with Crippen LogP contribution in [0.3, 0.4) is 0 Å². The number of nitrogens with zero attached hydrogens (tertiary/aromatic N) is 3. The van der Waals surface area contributed by atoms with Crippen LogP contribution in [0.25, 0.3) is 22.3 Å². The van der Waals surface area contributed by atoms with Gasteiger partial charge >= 0.3 is 0 Å². The largest absolute Gasteiger partial charge is 0.476 e. The first-order valence-electron chi connectivity index (χ1n) is 12.3. The summed E-state index contributed by atoms with van der Waals surface area (Å²) in [6, 6.07) is 18.7. The third kappa shape index (κ3) is 7.55. The van der Waals surface area contributed by atoms with Crippen molar-refractivity contribution < 1.29 is 19.4 Å². The minimum absolute atomic E-state index is 0.213. The molecule has 192 valence electrons. The Kier molecular flexibility index (Phi) is 8.43. The van der Waals surface area contributed by atoms with Gasteiger partial charge in [-0.2, -0.15) is 0 Å². The average Bonchev–Trinajstić information content (AvgIpc) is 2.89. The normalized spacial score (nSPS) is 12.3. The van der Waals surface area contributed by atoms with Gasteiger partial charge in [-0.25, -0.2) is 9.97 Å². The van der Waals surface area contributed by atoms with Crippen LogP contribution in [0.2, 0.25) is 0 Å². The molecule has 0 radical (unpaired) electrons. The number of benzene rings is 2. The van der Waals surface area contributed by atoms with Crippen molar-refractivity contribution in [3.05, 3.63) is 84.2 Å². The molecule has 0 bridgehead atoms. The van der Waals surface area contributed by atoms with Crippen LogP contribution in [0.1, 0.15) is 49.5 Å². The van der Waals surface area contributed by atoms with E-state index in [4.69, 9.17) is 19.4 Å². The molecule has 2 N–H and O–H groups in total. The number of rotatable bonds is 10. The predicted molar refractivity (Wildman–Crippen MR) is 142 cm³/mol. The van der Waals surface area contributed by atoms with Gasteiger partial charge in [0.15, 0.2) is 6.29 Å². The molecule has 0 aliphatic rings. The number of aliphatic hydroxyl groups is 1. The maximum atomic E-state index is 12.8. The van der Waals surface area contributed by atoms with Crippen LogP contribution in [0, 0.1) is 0 Å². The Morgan fingerprint density at radius 1 is 1.03 bits per heavy atom. The second-order valence-electron chi connectivity index (χ2n) is 9.67. The minimum atomic E-state index is -0.868. The van der Waals surface area contributed by atoms with E-state index < -0.39 is 11.9 Å². The molecule has 37 heavy (non-hydrogen) atoms. The number of pyridine rings is 1. The van der Waals surface area contributed by atoms with E-state index in [0.717, 1.165) is 11.1 Å². The van der Waals surface area contributed by atoms with Gasteiger partial charge in [0.05, 0.1) is 23.2 Å². The summed E-state index contributed by atoms with van der Waals surface area (Å²) in [7, 11) is 0. The van der Waals surface area contributed by atoms with Gasteiger partial charge in [-0.15, -0.1) is 0 Å². The molecule has 0 aliphatic heterocycles. The fourth-order valence-corrected chi connectivity index (χ4v) is 3.75. The van der Waals surface area contributed by atoms with E-state index in [1.54, 1.807) is 30.6 Å². The van der Waals surface area contributed by atoms with Crippen LogP contribution < -0.4 is 10.1 Å². The minimum Gasteiger partial charge on any atom is -0.476 e. The molecule has 2 heterocycles. The summed E-state index contributed by atoms with van der Waals surface area (Å²) in [4.78, 5) is 26.4. The van der Waals surface area contributed by atoms with Crippen molar-refractivity contribution in [3.8, 4) is 17.1 Å². The Hall–Kier alpha value is -3.88. The summed E-state index contributed by atoms with van der Waals surface area (Å²) in [6.45, 7) is 6.41. The maximum Gasteiger partial charge on any atom is 0.251 e. The van der Waals surface area contributed by atoms with Crippen molar-refractivity contribution in [2.45, 2.75) is 52.0 Å². The molecule has 0 fully saturated rings. The molecule has 2 aromatic carbocycles. The van der Waals surface area contributed by atoms with Crippen LogP contribution in [0.5, 0.6) is 5.88 Å². The molecule has 0 saturated heterocycles. The van der Waals surface area contributed by atoms with Gasteiger partial charge in [-0.1, -0.05) is 36.4 Å². The van der Waals surface area contributed by atoms with E-state index >= 15 is 0 Å². The highest BCUT2D eigenvalue weighted by Gasteiger charge is 2.17. The monoisotopic (exact) mass is 500 g/mol. The van der Waals surface area contributed by atoms with Gasteiger partial charge in [0.1, 0.15) is 5.69 Å². The third-order valence-corrected chi connectivity index (χ3v) is 5.44. The number of amides is 1. The number of ether oxygens (including phenoxy) is 2. The average molecular weight is 501 g/mol. The van der Waals surface area contributed by atoms with Crippen LogP contribution in [0.4, 0.5) is 0 Å². The van der Waals surface area contributed by atoms with E-state index in [1.165, 1.54) is 0 Å². The lowest BCUT2D eigenvalue weighted by Gasteiger charge is -2.23. The van der Waals surface area contributed by atoms with Crippen molar-refractivity contribution in [1.82, 2.24) is 20.3 Å². The molecule has 0 aliphatic carbocycles. The lowest BCUT2D eigenvalue weighted by molar-refractivity contribution is -0.169. The predicted octanol–water partition coefficient (Wildman–Crippen LogP) is 4.91. The summed E-state index contributed by atoms with van der Waals surface area (Å²) >= 11 is 0. The fraction of sp³-hybridized carbons (Fsp3) is 0.310. The molecule has 4 rings (SSSR count). The summed E-state index contributed by atoms with van der Waals surface area (Å²) in [5, 5.41) is 13.0. The van der Waals surface area contributed by atoms with Crippen molar-refractivity contribution in [2.75, 3.05) is 6.61 Å². The molecule has 1 atom stereocenters. The number of carbonyl (C=O) groups excluding carboxylic acids is 1. The molecule has 8 heteroatoms. The topological polar surface area (TPSA) is 106 Å². The summed E-state index contributed by atoms with van der Waals surface area (Å²) in [5.41, 5.74) is 3.68. The van der Waals surface area contributed by atoms with Gasteiger partial charge in [0, 0.05) is 36.5 Å². The van der Waals surface area contributed by atoms with Gasteiger partial charge in [-0.05, 0) is 57.0 Å². The van der Waals surface area contributed by atoms with E-state index in [9.17, 15) is 9.90 Å². The number of nitrogens with one attached hydrogen (secondary N) is 1. The van der Waals surface area contributed by atoms with E-state index in [0.29, 0.717) is 54.2 Å². The lowest BCUT2D eigenvalue weighted by Crippen LogP contribution is -2.27. The molecule has 1 amide bonds. The zero-order valence-electron chi connectivity index (χ0n) is 21.3. The Bertz CT molecular complexity index is 1320. The zero-order valence-corrected chi connectivity index (χ0v) is 21.3. The standard InChI is InChI=1S/C29H32N4O4/c1-29(2,3)37-25(34)12-8-16-36-28-26(21-10-5-4-6-11-21)32-23-14-13-22(17-24(23)33-28)27(35)31-19-20-9-7-15-30-18-20/h4-7,9-11,13-15,17-18,25,34H,8,12,16,19H2,1-3H3,(H,31,35). The maximum absolute atomic E-state index is 12.8. The lowest BCUT2D eigenvalue weighted by atomic mass is 10.1. The first-order valence-corrected chi connectivity index (χ1v) is 12.3. The van der Waals surface area contributed by atoms with E-state index in [1.807, 2.05) is 63.2 Å². The van der Waals surface area contributed by atoms with Crippen LogP contribution in [0.15, 0.2) is 73.1 Å². The number of hydrogen-bond acceptors (Lipinski definition) is 7. The SMILES string of the molecule is CC(C)(C)OC(O)CCCOc1nc2cc(C(=O)NCc3cccnc3)ccc2nc1-c1ccccc1. The third-order valence-electron chi connectivity index (χ3n) is 5.44. The van der Waals surface area contributed by atoms with Crippen molar-refractivity contribution in [1.29, 1.82) is 0 Å². The Morgan fingerprint density at radius 2 is 1.84 bits per heavy atom. The van der Waals surface area contributed by atoms with Crippen LogP contribution in [-0.4, -0.2) is 44.5 Å². The molecule has 4 aromatic rings. The van der Waals surface area contributed by atoms with Crippen LogP contribution in [-0.2, 0) is 11.3 Å². The molecule has 2 aromatic heterocycles. The fourth-order valence-electron chi connectivity index (χ4n) is 3.75. The smallest absolute Gasteiger partial charge is 0.251 e. The van der Waals surface area contributed by atoms with Gasteiger partial charge in [0.2, 0.25) is 5.88 Å². The molecule has 0 saturated carbocycles. The number of carbonyl (C=O) groups is 1. The first-order chi connectivity index (χ1) is 17.8. The highest BCUT2D eigenvalue weighted by Crippen LogP contribution is 2.29. The second-order valence-corrected chi connectivity index (χ2v) is 9.67. The van der Waals surface area contributed by atoms with Gasteiger partial charge < -0.3 is 19.9 Å². The number of hydrogen-bond donors (Lipinski definition) is 2. The molecule has 0 spiro atoms. The van der Waals surface area contributed by atoms with E-state index in [-0.39, 0.29) is 5.91 Å². The quantitative estimate of drug-likeness (QED) is 0.235. The number of aliphatic hydroxyl groups excluding tert-OH is 1. The highest BCUT2D eigenvalue weighted by atomic mass is 16.6. The second kappa shape index (κ2) is 11.9. The Balaban J connectivity index is 1.52. The number of aromatic nitrogens is 3. The van der Waals surface area contributed by atoms with Crippen molar-refractivity contribution in [3.63, 3.8) is 0 Å². The van der Waals surface area contributed by atoms with Crippen LogP contribution >= 0.6 is 0 Å². The Morgan fingerprint density at radius 3 is 2.57 bits per heavy atom. The molecular formula is C29H32N4O4. The van der Waals surface area contributed by atoms with Crippen molar-refractivity contribution >= 4 is 16.9 Å². The molecule has 8 nitrogen and oxygen atoms in total. The summed E-state index contributed by atoms with van der Waals surface area (Å²) in [5.74, 6) is 0.160. The van der Waals surface area contributed by atoms with E-state index in [2.05, 4.69) is 10.3 Å². The number of fused-ring (bicyclic) bond motifs is 1. The van der Waals surface area contributed by atoms with Gasteiger partial charge in [0.25, 0.3) is 5.91 Å². The molecular weight excluding hydrogens is 468 g/mol.